The Morgan fingerprint density at radius 3 is 2.00 bits per heavy atom. The van der Waals surface area contributed by atoms with Crippen LogP contribution in [-0.4, -0.2) is 0 Å². The van der Waals surface area contributed by atoms with Crippen molar-refractivity contribution in [2.75, 3.05) is 4.90 Å². The van der Waals surface area contributed by atoms with E-state index in [2.05, 4.69) is 204 Å². The van der Waals surface area contributed by atoms with E-state index in [4.69, 9.17) is 4.42 Å². The Morgan fingerprint density at radius 2 is 1.16 bits per heavy atom. The maximum absolute atomic E-state index is 6.78. The number of nitrogens with zero attached hydrogens (tertiary/aromatic N) is 1. The Kier molecular flexibility index (Phi) is 7.67. The Labute approximate surface area is 329 Å². The van der Waals surface area contributed by atoms with Crippen molar-refractivity contribution in [3.63, 3.8) is 0 Å². The molecule has 0 atom stereocenters. The van der Waals surface area contributed by atoms with E-state index in [1.165, 1.54) is 66.4 Å². The quantitative estimate of drug-likeness (QED) is 0.176. The highest BCUT2D eigenvalue weighted by Gasteiger charge is 2.38. The molecular formula is C54H45NO. The van der Waals surface area contributed by atoms with Crippen molar-refractivity contribution in [2.45, 2.75) is 52.4 Å². The predicted molar refractivity (Wildman–Crippen MR) is 238 cm³/mol. The first-order chi connectivity index (χ1) is 27.1. The van der Waals surface area contributed by atoms with Crippen LogP contribution in [0.3, 0.4) is 0 Å². The average molecular weight is 724 g/mol. The fourth-order valence-electron chi connectivity index (χ4n) is 9.21. The summed E-state index contributed by atoms with van der Waals surface area (Å²) in [5.41, 5.74) is 17.7. The van der Waals surface area contributed by atoms with Gasteiger partial charge in [-0.2, -0.15) is 0 Å². The SMILES string of the molecule is Cc1ccc(-c2cccc(N(c3ccccc3-c3cccc4c3-c3ccc(C(C)(C)C)cc3C4(C)C)c3cccc4c3oc3ccccc34)c2)c2ccccc12. The van der Waals surface area contributed by atoms with Gasteiger partial charge in [0.15, 0.2) is 5.58 Å². The lowest BCUT2D eigenvalue weighted by Gasteiger charge is -2.29. The number of furan rings is 1. The summed E-state index contributed by atoms with van der Waals surface area (Å²) in [4.78, 5) is 2.42. The Bertz CT molecular complexity index is 3010. The van der Waals surface area contributed by atoms with Gasteiger partial charge in [0, 0.05) is 27.4 Å². The molecule has 0 radical (unpaired) electrons. The van der Waals surface area contributed by atoms with Crippen LogP contribution < -0.4 is 4.90 Å². The first-order valence-corrected chi connectivity index (χ1v) is 19.8. The monoisotopic (exact) mass is 723 g/mol. The van der Waals surface area contributed by atoms with Gasteiger partial charge in [0.05, 0.1) is 11.4 Å². The average Bonchev–Trinajstić information content (AvgIpc) is 3.71. The second kappa shape index (κ2) is 12.6. The van der Waals surface area contributed by atoms with Crippen LogP contribution >= 0.6 is 0 Å². The topological polar surface area (TPSA) is 16.4 Å². The van der Waals surface area contributed by atoms with Crippen molar-refractivity contribution in [1.29, 1.82) is 0 Å². The molecule has 0 saturated carbocycles. The lowest BCUT2D eigenvalue weighted by Crippen LogP contribution is -2.17. The molecule has 0 amide bonds. The smallest absolute Gasteiger partial charge is 0.159 e. The summed E-state index contributed by atoms with van der Waals surface area (Å²) in [5, 5.41) is 4.76. The summed E-state index contributed by atoms with van der Waals surface area (Å²) in [7, 11) is 0. The number of rotatable bonds is 5. The maximum atomic E-state index is 6.78. The highest BCUT2D eigenvalue weighted by molar-refractivity contribution is 6.11. The van der Waals surface area contributed by atoms with Gasteiger partial charge in [0.1, 0.15) is 5.58 Å². The predicted octanol–water partition coefficient (Wildman–Crippen LogP) is 15.5. The van der Waals surface area contributed by atoms with Gasteiger partial charge < -0.3 is 9.32 Å². The maximum Gasteiger partial charge on any atom is 0.159 e. The molecule has 8 aromatic carbocycles. The van der Waals surface area contributed by atoms with Crippen molar-refractivity contribution in [3.05, 3.63) is 186 Å². The van der Waals surface area contributed by atoms with Gasteiger partial charge >= 0.3 is 0 Å². The molecule has 0 N–H and O–H groups in total. The normalized spacial score (nSPS) is 13.3. The molecule has 1 aromatic heterocycles. The molecule has 9 aromatic rings. The van der Waals surface area contributed by atoms with Crippen LogP contribution in [0.5, 0.6) is 0 Å². The van der Waals surface area contributed by atoms with E-state index in [-0.39, 0.29) is 10.8 Å². The van der Waals surface area contributed by atoms with Crippen LogP contribution in [0.4, 0.5) is 17.1 Å². The Balaban J connectivity index is 1.24. The third-order valence-corrected chi connectivity index (χ3v) is 12.2. The van der Waals surface area contributed by atoms with Crippen molar-refractivity contribution >= 4 is 49.8 Å². The number of para-hydroxylation sites is 3. The molecule has 0 unspecified atom stereocenters. The zero-order valence-electron chi connectivity index (χ0n) is 32.9. The Morgan fingerprint density at radius 1 is 0.500 bits per heavy atom. The molecule has 1 aliphatic carbocycles. The molecule has 272 valence electrons. The summed E-state index contributed by atoms with van der Waals surface area (Å²) in [6.45, 7) is 13.9. The summed E-state index contributed by atoms with van der Waals surface area (Å²) < 4.78 is 6.78. The molecule has 1 aliphatic rings. The van der Waals surface area contributed by atoms with Crippen molar-refractivity contribution in [3.8, 4) is 33.4 Å². The molecule has 0 aliphatic heterocycles. The van der Waals surface area contributed by atoms with Gasteiger partial charge in [-0.1, -0.05) is 168 Å². The van der Waals surface area contributed by atoms with E-state index >= 15 is 0 Å². The number of anilines is 3. The van der Waals surface area contributed by atoms with Crippen LogP contribution in [-0.2, 0) is 10.8 Å². The molecule has 56 heavy (non-hydrogen) atoms. The summed E-state index contributed by atoms with van der Waals surface area (Å²) in [5.74, 6) is 0. The molecule has 1 heterocycles. The third-order valence-electron chi connectivity index (χ3n) is 12.2. The molecule has 0 bridgehead atoms. The van der Waals surface area contributed by atoms with Crippen LogP contribution in [0.1, 0.15) is 56.9 Å². The van der Waals surface area contributed by atoms with Gasteiger partial charge in [-0.15, -0.1) is 0 Å². The molecule has 0 fully saturated rings. The number of hydrogen-bond donors (Lipinski definition) is 0. The zero-order chi connectivity index (χ0) is 38.3. The highest BCUT2D eigenvalue weighted by Crippen LogP contribution is 2.55. The van der Waals surface area contributed by atoms with Crippen molar-refractivity contribution < 1.29 is 4.42 Å². The minimum atomic E-state index is -0.137. The van der Waals surface area contributed by atoms with Crippen LogP contribution in [0.25, 0.3) is 66.1 Å². The first kappa shape index (κ1) is 34.1. The van der Waals surface area contributed by atoms with Gasteiger partial charge in [-0.25, -0.2) is 0 Å². The Hall–Kier alpha value is -6.38. The summed E-state index contributed by atoms with van der Waals surface area (Å²) in [6.07, 6.45) is 0. The van der Waals surface area contributed by atoms with E-state index in [0.717, 1.165) is 39.0 Å². The molecule has 0 saturated heterocycles. The summed E-state index contributed by atoms with van der Waals surface area (Å²) >= 11 is 0. The third kappa shape index (κ3) is 5.23. The van der Waals surface area contributed by atoms with Crippen LogP contribution in [0.15, 0.2) is 168 Å². The molecule has 0 spiro atoms. The van der Waals surface area contributed by atoms with Gasteiger partial charge in [-0.3, -0.25) is 0 Å². The van der Waals surface area contributed by atoms with E-state index in [1.54, 1.807) is 0 Å². The first-order valence-electron chi connectivity index (χ1n) is 19.8. The standard InChI is InChI=1S/C54H45NO/c1-34-28-30-39(40-19-8-7-18-38(34)40)35-16-13-17-37(32-35)55(49-26-15-23-44-42-21-10-12-27-50(42)56-52(44)49)48-25-11-9-20-41(48)43-22-14-24-46-51(43)45-31-29-36(53(2,3)4)33-47(45)54(46,5)6/h7-33H,1-6H3. The van der Waals surface area contributed by atoms with E-state index in [9.17, 15) is 0 Å². The van der Waals surface area contributed by atoms with Crippen LogP contribution in [0, 0.1) is 6.92 Å². The molecule has 10 rings (SSSR count). The lowest BCUT2D eigenvalue weighted by atomic mass is 9.79. The fourth-order valence-corrected chi connectivity index (χ4v) is 9.21. The zero-order valence-corrected chi connectivity index (χ0v) is 32.9. The van der Waals surface area contributed by atoms with Gasteiger partial charge in [0.2, 0.25) is 0 Å². The van der Waals surface area contributed by atoms with Crippen molar-refractivity contribution in [1.82, 2.24) is 0 Å². The number of benzene rings is 8. The van der Waals surface area contributed by atoms with E-state index < -0.39 is 0 Å². The van der Waals surface area contributed by atoms with Crippen molar-refractivity contribution in [2.24, 2.45) is 0 Å². The number of aryl methyl sites for hydroxylation is 1. The summed E-state index contributed by atoms with van der Waals surface area (Å²) in [6, 6.07) is 60.1. The molecular weight excluding hydrogens is 679 g/mol. The van der Waals surface area contributed by atoms with Gasteiger partial charge in [-0.05, 0) is 104 Å². The minimum Gasteiger partial charge on any atom is -0.454 e. The molecule has 2 nitrogen and oxygen atoms in total. The molecule has 2 heteroatoms. The lowest BCUT2D eigenvalue weighted by molar-refractivity contribution is 0.584. The number of fused-ring (bicyclic) bond motifs is 7. The second-order valence-corrected chi connectivity index (χ2v) is 17.0. The largest absolute Gasteiger partial charge is 0.454 e. The highest BCUT2D eigenvalue weighted by atomic mass is 16.3. The fraction of sp³-hybridized carbons (Fsp3) is 0.148. The van der Waals surface area contributed by atoms with Gasteiger partial charge in [0.25, 0.3) is 0 Å². The minimum absolute atomic E-state index is 0.0624. The van der Waals surface area contributed by atoms with E-state index in [1.807, 2.05) is 6.07 Å². The van der Waals surface area contributed by atoms with E-state index in [0.29, 0.717) is 0 Å². The van der Waals surface area contributed by atoms with Crippen LogP contribution in [0.2, 0.25) is 0 Å². The number of hydrogen-bond acceptors (Lipinski definition) is 2. The second-order valence-electron chi connectivity index (χ2n) is 17.0.